The van der Waals surface area contributed by atoms with Gasteiger partial charge < -0.3 is 9.47 Å². The summed E-state index contributed by atoms with van der Waals surface area (Å²) >= 11 is 0. The first kappa shape index (κ1) is 16.5. The van der Waals surface area contributed by atoms with E-state index in [1.54, 1.807) is 25.5 Å². The first-order chi connectivity index (χ1) is 11.2. The second-order valence-electron chi connectivity index (χ2n) is 4.86. The summed E-state index contributed by atoms with van der Waals surface area (Å²) < 4.78 is 10.7. The van der Waals surface area contributed by atoms with Gasteiger partial charge in [0.2, 0.25) is 0 Å². The lowest BCUT2D eigenvalue weighted by Crippen LogP contribution is -2.18. The van der Waals surface area contributed by atoms with E-state index in [0.717, 1.165) is 11.1 Å². The van der Waals surface area contributed by atoms with E-state index in [1.165, 1.54) is 0 Å². The SMILES string of the molecule is CCOc1cc(/C=N/NC(=O)c2ccccc2C)ccc1OC. The molecule has 23 heavy (non-hydrogen) atoms. The van der Waals surface area contributed by atoms with Crippen LogP contribution in [0.4, 0.5) is 0 Å². The monoisotopic (exact) mass is 312 g/mol. The van der Waals surface area contributed by atoms with Gasteiger partial charge in [-0.2, -0.15) is 5.10 Å². The van der Waals surface area contributed by atoms with Gasteiger partial charge in [0, 0.05) is 5.56 Å². The molecule has 0 atom stereocenters. The average Bonchev–Trinajstić information content (AvgIpc) is 2.56. The Hall–Kier alpha value is -2.82. The number of hydrogen-bond donors (Lipinski definition) is 1. The molecule has 0 aromatic heterocycles. The van der Waals surface area contributed by atoms with Gasteiger partial charge in [-0.1, -0.05) is 18.2 Å². The van der Waals surface area contributed by atoms with Gasteiger partial charge in [0.25, 0.3) is 5.91 Å². The third-order valence-corrected chi connectivity index (χ3v) is 3.26. The maximum absolute atomic E-state index is 12.1. The fourth-order valence-corrected chi connectivity index (χ4v) is 2.10. The second kappa shape index (κ2) is 7.98. The summed E-state index contributed by atoms with van der Waals surface area (Å²) in [6, 6.07) is 12.8. The molecular weight excluding hydrogens is 292 g/mol. The van der Waals surface area contributed by atoms with Crippen LogP contribution in [0.1, 0.15) is 28.4 Å². The predicted octanol–water partition coefficient (Wildman–Crippen LogP) is 3.17. The van der Waals surface area contributed by atoms with Crippen LogP contribution in [-0.2, 0) is 0 Å². The molecule has 2 aromatic carbocycles. The number of nitrogens with one attached hydrogen (secondary N) is 1. The lowest BCUT2D eigenvalue weighted by Gasteiger charge is -2.09. The fraction of sp³-hybridized carbons (Fsp3) is 0.222. The topological polar surface area (TPSA) is 59.9 Å². The van der Waals surface area contributed by atoms with Crippen molar-refractivity contribution >= 4 is 12.1 Å². The van der Waals surface area contributed by atoms with Crippen molar-refractivity contribution in [2.75, 3.05) is 13.7 Å². The summed E-state index contributed by atoms with van der Waals surface area (Å²) in [4.78, 5) is 12.1. The quantitative estimate of drug-likeness (QED) is 0.658. The van der Waals surface area contributed by atoms with E-state index in [1.807, 2.05) is 44.2 Å². The van der Waals surface area contributed by atoms with Crippen molar-refractivity contribution in [2.24, 2.45) is 5.10 Å². The number of methoxy groups -OCH3 is 1. The van der Waals surface area contributed by atoms with Crippen LogP contribution in [-0.4, -0.2) is 25.8 Å². The van der Waals surface area contributed by atoms with Gasteiger partial charge >= 0.3 is 0 Å². The fourth-order valence-electron chi connectivity index (χ4n) is 2.10. The maximum Gasteiger partial charge on any atom is 0.271 e. The van der Waals surface area contributed by atoms with Crippen LogP contribution in [0, 0.1) is 6.92 Å². The average molecular weight is 312 g/mol. The molecule has 0 radical (unpaired) electrons. The maximum atomic E-state index is 12.1. The second-order valence-corrected chi connectivity index (χ2v) is 4.86. The van der Waals surface area contributed by atoms with E-state index in [0.29, 0.717) is 23.7 Å². The van der Waals surface area contributed by atoms with E-state index in [9.17, 15) is 4.79 Å². The summed E-state index contributed by atoms with van der Waals surface area (Å²) in [7, 11) is 1.59. The van der Waals surface area contributed by atoms with Crippen molar-refractivity contribution in [2.45, 2.75) is 13.8 Å². The number of carbonyl (C=O) groups is 1. The molecule has 1 amide bonds. The third kappa shape index (κ3) is 4.32. The van der Waals surface area contributed by atoms with Crippen molar-refractivity contribution in [1.82, 2.24) is 5.43 Å². The highest BCUT2D eigenvalue weighted by Crippen LogP contribution is 2.27. The Morgan fingerprint density at radius 1 is 1.22 bits per heavy atom. The van der Waals surface area contributed by atoms with Crippen LogP contribution < -0.4 is 14.9 Å². The Morgan fingerprint density at radius 2 is 2.00 bits per heavy atom. The Bertz CT molecular complexity index is 711. The lowest BCUT2D eigenvalue weighted by molar-refractivity contribution is 0.0954. The minimum absolute atomic E-state index is 0.238. The summed E-state index contributed by atoms with van der Waals surface area (Å²) in [6.07, 6.45) is 1.57. The molecule has 0 saturated carbocycles. The molecule has 5 nitrogen and oxygen atoms in total. The Labute approximate surface area is 135 Å². The minimum Gasteiger partial charge on any atom is -0.493 e. The number of amides is 1. The molecule has 2 aromatic rings. The lowest BCUT2D eigenvalue weighted by atomic mass is 10.1. The molecule has 0 unspecified atom stereocenters. The van der Waals surface area contributed by atoms with E-state index >= 15 is 0 Å². The van der Waals surface area contributed by atoms with Crippen molar-refractivity contribution in [1.29, 1.82) is 0 Å². The molecular formula is C18H20N2O3. The number of benzene rings is 2. The highest BCUT2D eigenvalue weighted by atomic mass is 16.5. The number of ether oxygens (including phenoxy) is 2. The zero-order valence-corrected chi connectivity index (χ0v) is 13.5. The molecule has 2 rings (SSSR count). The van der Waals surface area contributed by atoms with Gasteiger partial charge in [-0.15, -0.1) is 0 Å². The molecule has 0 heterocycles. The van der Waals surface area contributed by atoms with Gasteiger partial charge in [0.15, 0.2) is 11.5 Å². The molecule has 0 aliphatic heterocycles. The summed E-state index contributed by atoms with van der Waals surface area (Å²) in [6.45, 7) is 4.33. The highest BCUT2D eigenvalue weighted by molar-refractivity contribution is 5.96. The molecule has 0 aliphatic carbocycles. The van der Waals surface area contributed by atoms with Crippen LogP contribution in [0.15, 0.2) is 47.6 Å². The number of hydrogen-bond acceptors (Lipinski definition) is 4. The Morgan fingerprint density at radius 3 is 2.70 bits per heavy atom. The van der Waals surface area contributed by atoms with Gasteiger partial charge in [-0.25, -0.2) is 5.43 Å². The molecule has 0 spiro atoms. The standard InChI is InChI=1S/C18H20N2O3/c1-4-23-17-11-14(9-10-16(17)22-3)12-19-20-18(21)15-8-6-5-7-13(15)2/h5-12H,4H2,1-3H3,(H,20,21)/b19-12+. The van der Waals surface area contributed by atoms with E-state index in [4.69, 9.17) is 9.47 Å². The molecule has 5 heteroatoms. The summed E-state index contributed by atoms with van der Waals surface area (Å²) in [5.74, 6) is 1.06. The number of nitrogens with zero attached hydrogens (tertiary/aromatic N) is 1. The van der Waals surface area contributed by atoms with Crippen LogP contribution in [0.3, 0.4) is 0 Å². The zero-order chi connectivity index (χ0) is 16.7. The highest BCUT2D eigenvalue weighted by Gasteiger charge is 2.07. The van der Waals surface area contributed by atoms with E-state index in [-0.39, 0.29) is 5.91 Å². The Balaban J connectivity index is 2.07. The predicted molar refractivity (Wildman–Crippen MR) is 90.4 cm³/mol. The van der Waals surface area contributed by atoms with E-state index in [2.05, 4.69) is 10.5 Å². The number of carbonyl (C=O) groups excluding carboxylic acids is 1. The van der Waals surface area contributed by atoms with Gasteiger partial charge in [0.05, 0.1) is 19.9 Å². The number of aryl methyl sites for hydroxylation is 1. The molecule has 0 saturated heterocycles. The van der Waals surface area contributed by atoms with Crippen LogP contribution in [0.25, 0.3) is 0 Å². The largest absolute Gasteiger partial charge is 0.493 e. The number of hydrazone groups is 1. The third-order valence-electron chi connectivity index (χ3n) is 3.26. The van der Waals surface area contributed by atoms with Crippen molar-refractivity contribution < 1.29 is 14.3 Å². The van der Waals surface area contributed by atoms with Crippen LogP contribution in [0.2, 0.25) is 0 Å². The molecule has 0 bridgehead atoms. The molecule has 0 fully saturated rings. The summed E-state index contributed by atoms with van der Waals surface area (Å²) in [5, 5.41) is 3.99. The summed E-state index contributed by atoms with van der Waals surface area (Å²) in [5.41, 5.74) is 4.84. The van der Waals surface area contributed by atoms with Crippen molar-refractivity contribution in [3.63, 3.8) is 0 Å². The molecule has 1 N–H and O–H groups in total. The van der Waals surface area contributed by atoms with Crippen molar-refractivity contribution in [3.05, 3.63) is 59.2 Å². The smallest absolute Gasteiger partial charge is 0.271 e. The van der Waals surface area contributed by atoms with Gasteiger partial charge in [0.1, 0.15) is 0 Å². The molecule has 120 valence electrons. The van der Waals surface area contributed by atoms with Crippen LogP contribution in [0.5, 0.6) is 11.5 Å². The zero-order valence-electron chi connectivity index (χ0n) is 13.5. The number of rotatable bonds is 6. The first-order valence-electron chi connectivity index (χ1n) is 7.35. The van der Waals surface area contributed by atoms with Crippen molar-refractivity contribution in [3.8, 4) is 11.5 Å². The minimum atomic E-state index is -0.238. The van der Waals surface area contributed by atoms with Crippen LogP contribution >= 0.6 is 0 Å². The first-order valence-corrected chi connectivity index (χ1v) is 7.35. The normalized spacial score (nSPS) is 10.6. The van der Waals surface area contributed by atoms with Gasteiger partial charge in [-0.3, -0.25) is 4.79 Å². The molecule has 0 aliphatic rings. The van der Waals surface area contributed by atoms with E-state index < -0.39 is 0 Å². The Kier molecular flexibility index (Phi) is 5.74. The van der Waals surface area contributed by atoms with Gasteiger partial charge in [-0.05, 0) is 49.2 Å².